The fourth-order valence-corrected chi connectivity index (χ4v) is 2.03. The van der Waals surface area contributed by atoms with Gasteiger partial charge in [0.2, 0.25) is 0 Å². The summed E-state index contributed by atoms with van der Waals surface area (Å²) in [5.74, 6) is -1.46. The zero-order valence-corrected chi connectivity index (χ0v) is 13.2. The van der Waals surface area contributed by atoms with Crippen LogP contribution in [0.5, 0.6) is 11.5 Å². The van der Waals surface area contributed by atoms with E-state index in [-0.39, 0.29) is 17.9 Å². The number of halogens is 3. The Bertz CT molecular complexity index is 882. The molecule has 1 amide bonds. The Kier molecular flexibility index (Phi) is 5.52. The van der Waals surface area contributed by atoms with Crippen LogP contribution in [-0.2, 0) is 17.5 Å². The summed E-state index contributed by atoms with van der Waals surface area (Å²) in [5, 5.41) is 30.2. The molecule has 0 bridgehead atoms. The van der Waals surface area contributed by atoms with Crippen LogP contribution in [0.2, 0.25) is 0 Å². The molecular formula is C18H13F3N2O3. The largest absolute Gasteiger partial charge is 0.504 e. The monoisotopic (exact) mass is 362 g/mol. The van der Waals surface area contributed by atoms with Crippen molar-refractivity contribution in [2.45, 2.75) is 12.7 Å². The molecule has 2 aromatic rings. The Hall–Kier alpha value is -3.47. The van der Waals surface area contributed by atoms with Crippen molar-refractivity contribution in [2.75, 3.05) is 0 Å². The summed E-state index contributed by atoms with van der Waals surface area (Å²) in [4.78, 5) is 12.0. The molecule has 8 heteroatoms. The molecule has 0 unspecified atom stereocenters. The topological polar surface area (TPSA) is 93.3 Å². The lowest BCUT2D eigenvalue weighted by molar-refractivity contribution is -0.137. The van der Waals surface area contributed by atoms with Crippen LogP contribution < -0.4 is 5.32 Å². The first kappa shape index (κ1) is 18.9. The van der Waals surface area contributed by atoms with E-state index in [1.165, 1.54) is 36.4 Å². The van der Waals surface area contributed by atoms with Gasteiger partial charge in [-0.25, -0.2) is 0 Å². The Morgan fingerprint density at radius 3 is 2.31 bits per heavy atom. The maximum atomic E-state index is 12.5. The van der Waals surface area contributed by atoms with E-state index in [1.807, 2.05) is 0 Å². The van der Waals surface area contributed by atoms with Gasteiger partial charge in [0, 0.05) is 6.54 Å². The maximum absolute atomic E-state index is 12.5. The van der Waals surface area contributed by atoms with Gasteiger partial charge in [0.1, 0.15) is 11.6 Å². The molecule has 0 radical (unpaired) electrons. The molecule has 134 valence electrons. The van der Waals surface area contributed by atoms with Gasteiger partial charge in [-0.3, -0.25) is 4.79 Å². The second kappa shape index (κ2) is 7.61. The SMILES string of the molecule is N#C/C(=C\c1ccc(O)c(O)c1)C(=O)NCc1ccc(C(F)(F)F)cc1. The number of phenols is 2. The highest BCUT2D eigenvalue weighted by molar-refractivity contribution is 6.01. The highest BCUT2D eigenvalue weighted by Crippen LogP contribution is 2.29. The first-order valence-electron chi connectivity index (χ1n) is 7.29. The third-order valence-electron chi connectivity index (χ3n) is 3.41. The number of phenolic OH excluding ortho intramolecular Hbond substituents is 2. The van der Waals surface area contributed by atoms with E-state index in [2.05, 4.69) is 5.32 Å². The number of alkyl halides is 3. The first-order chi connectivity index (χ1) is 12.2. The van der Waals surface area contributed by atoms with Crippen molar-refractivity contribution in [3.8, 4) is 17.6 Å². The number of hydrogen-bond donors (Lipinski definition) is 3. The minimum absolute atomic E-state index is 0.0587. The first-order valence-corrected chi connectivity index (χ1v) is 7.29. The molecule has 3 N–H and O–H groups in total. The number of aromatic hydroxyl groups is 2. The van der Waals surface area contributed by atoms with Crippen LogP contribution in [-0.4, -0.2) is 16.1 Å². The average molecular weight is 362 g/mol. The van der Waals surface area contributed by atoms with Gasteiger partial charge in [-0.2, -0.15) is 18.4 Å². The fraction of sp³-hybridized carbons (Fsp3) is 0.111. The van der Waals surface area contributed by atoms with Crippen molar-refractivity contribution in [3.63, 3.8) is 0 Å². The summed E-state index contributed by atoms with van der Waals surface area (Å²) >= 11 is 0. The average Bonchev–Trinajstić information content (AvgIpc) is 2.60. The number of nitrogens with zero attached hydrogens (tertiary/aromatic N) is 1. The van der Waals surface area contributed by atoms with Gasteiger partial charge in [-0.15, -0.1) is 0 Å². The summed E-state index contributed by atoms with van der Waals surface area (Å²) in [6.45, 7) is -0.0587. The van der Waals surface area contributed by atoms with E-state index in [9.17, 15) is 28.2 Å². The van der Waals surface area contributed by atoms with Crippen LogP contribution in [0.25, 0.3) is 6.08 Å². The molecule has 5 nitrogen and oxygen atoms in total. The van der Waals surface area contributed by atoms with E-state index in [0.717, 1.165) is 12.1 Å². The van der Waals surface area contributed by atoms with Gasteiger partial charge in [0.15, 0.2) is 11.5 Å². The van der Waals surface area contributed by atoms with Crippen LogP contribution in [0.4, 0.5) is 13.2 Å². The summed E-state index contributed by atoms with van der Waals surface area (Å²) < 4.78 is 37.5. The lowest BCUT2D eigenvalue weighted by atomic mass is 10.1. The lowest BCUT2D eigenvalue weighted by Crippen LogP contribution is -2.24. The summed E-state index contributed by atoms with van der Waals surface area (Å²) in [5.41, 5.74) is -0.299. The van der Waals surface area contributed by atoms with Crippen molar-refractivity contribution < 1.29 is 28.2 Å². The van der Waals surface area contributed by atoms with Gasteiger partial charge in [-0.05, 0) is 41.5 Å². The quantitative estimate of drug-likeness (QED) is 0.442. The van der Waals surface area contributed by atoms with Crippen LogP contribution in [0.15, 0.2) is 48.0 Å². The second-order valence-corrected chi connectivity index (χ2v) is 5.30. The molecule has 0 spiro atoms. The third-order valence-corrected chi connectivity index (χ3v) is 3.41. The molecule has 0 atom stereocenters. The fourth-order valence-electron chi connectivity index (χ4n) is 2.03. The Morgan fingerprint density at radius 1 is 1.12 bits per heavy atom. The zero-order valence-electron chi connectivity index (χ0n) is 13.2. The Labute approximate surface area is 146 Å². The van der Waals surface area contributed by atoms with Gasteiger partial charge < -0.3 is 15.5 Å². The molecule has 0 aliphatic heterocycles. The van der Waals surface area contributed by atoms with Crippen molar-refractivity contribution in [3.05, 3.63) is 64.7 Å². The molecule has 2 rings (SSSR count). The minimum atomic E-state index is -4.44. The van der Waals surface area contributed by atoms with E-state index >= 15 is 0 Å². The molecule has 0 saturated carbocycles. The van der Waals surface area contributed by atoms with Gasteiger partial charge in [0.05, 0.1) is 5.56 Å². The second-order valence-electron chi connectivity index (χ2n) is 5.30. The molecule has 26 heavy (non-hydrogen) atoms. The number of rotatable bonds is 4. The van der Waals surface area contributed by atoms with Gasteiger partial charge in [-0.1, -0.05) is 18.2 Å². The van der Waals surface area contributed by atoms with E-state index in [4.69, 9.17) is 5.26 Å². The van der Waals surface area contributed by atoms with Crippen LogP contribution in [0, 0.1) is 11.3 Å². The van der Waals surface area contributed by atoms with E-state index in [1.54, 1.807) is 6.07 Å². The molecule has 0 aliphatic carbocycles. The number of carbonyl (C=O) groups is 1. The highest BCUT2D eigenvalue weighted by atomic mass is 19.4. The normalized spacial score (nSPS) is 11.7. The van der Waals surface area contributed by atoms with Crippen molar-refractivity contribution in [2.24, 2.45) is 0 Å². The smallest absolute Gasteiger partial charge is 0.416 e. The van der Waals surface area contributed by atoms with Gasteiger partial charge >= 0.3 is 6.18 Å². The lowest BCUT2D eigenvalue weighted by Gasteiger charge is -2.08. The van der Waals surface area contributed by atoms with Crippen molar-refractivity contribution >= 4 is 12.0 Å². The Balaban J connectivity index is 2.06. The van der Waals surface area contributed by atoms with E-state index in [0.29, 0.717) is 11.1 Å². The van der Waals surface area contributed by atoms with Crippen molar-refractivity contribution in [1.82, 2.24) is 5.32 Å². The minimum Gasteiger partial charge on any atom is -0.504 e. The van der Waals surface area contributed by atoms with Gasteiger partial charge in [0.25, 0.3) is 5.91 Å². The summed E-state index contributed by atoms with van der Waals surface area (Å²) in [6, 6.07) is 9.76. The predicted octanol–water partition coefficient (Wildman–Crippen LogP) is 3.34. The van der Waals surface area contributed by atoms with Crippen molar-refractivity contribution in [1.29, 1.82) is 5.26 Å². The maximum Gasteiger partial charge on any atom is 0.416 e. The van der Waals surface area contributed by atoms with Crippen LogP contribution in [0.1, 0.15) is 16.7 Å². The Morgan fingerprint density at radius 2 is 1.77 bits per heavy atom. The highest BCUT2D eigenvalue weighted by Gasteiger charge is 2.29. The molecule has 0 fully saturated rings. The summed E-state index contributed by atoms with van der Waals surface area (Å²) in [7, 11) is 0. The molecule has 0 aromatic heterocycles. The number of nitriles is 1. The number of carbonyl (C=O) groups excluding carboxylic acids is 1. The molecule has 0 saturated heterocycles. The van der Waals surface area contributed by atoms with Crippen LogP contribution >= 0.6 is 0 Å². The molecule has 2 aromatic carbocycles. The number of amides is 1. The van der Waals surface area contributed by atoms with E-state index < -0.39 is 23.4 Å². The number of hydrogen-bond acceptors (Lipinski definition) is 4. The number of benzene rings is 2. The third kappa shape index (κ3) is 4.77. The molecular weight excluding hydrogens is 349 g/mol. The summed E-state index contributed by atoms with van der Waals surface area (Å²) in [6.07, 6.45) is -3.23. The molecule has 0 heterocycles. The number of nitrogens with one attached hydrogen (secondary N) is 1. The predicted molar refractivity (Wildman–Crippen MR) is 86.7 cm³/mol. The standard InChI is InChI=1S/C18H13F3N2O3/c19-18(20,21)14-4-1-11(2-5-14)10-23-17(26)13(9-22)7-12-3-6-15(24)16(25)8-12/h1-8,24-25H,10H2,(H,23,26)/b13-7+. The van der Waals surface area contributed by atoms with Crippen LogP contribution in [0.3, 0.4) is 0 Å². The zero-order chi connectivity index (χ0) is 19.3. The molecule has 0 aliphatic rings.